The Morgan fingerprint density at radius 2 is 1.74 bits per heavy atom. The zero-order chi connectivity index (χ0) is 24.9. The summed E-state index contributed by atoms with van der Waals surface area (Å²) < 4.78 is 26.0. The van der Waals surface area contributed by atoms with Crippen molar-refractivity contribution in [2.24, 2.45) is 0 Å². The summed E-state index contributed by atoms with van der Waals surface area (Å²) in [7, 11) is 3.12. The summed E-state index contributed by atoms with van der Waals surface area (Å²) in [6, 6.07) is 18.8. The van der Waals surface area contributed by atoms with Crippen molar-refractivity contribution in [2.45, 2.75) is 20.0 Å². The largest absolute Gasteiger partial charge is 0.493 e. The van der Waals surface area contributed by atoms with E-state index in [4.69, 9.17) is 9.47 Å². The minimum atomic E-state index is -0.540. The highest BCUT2D eigenvalue weighted by molar-refractivity contribution is 5.92. The van der Waals surface area contributed by atoms with Crippen molar-refractivity contribution in [1.29, 1.82) is 0 Å². The molecule has 0 radical (unpaired) electrons. The molecule has 0 aliphatic carbocycles. The summed E-state index contributed by atoms with van der Waals surface area (Å²) in [6.07, 6.45) is 0. The van der Waals surface area contributed by atoms with Gasteiger partial charge in [-0.25, -0.2) is 4.39 Å². The molecule has 0 aliphatic rings. The molecule has 4 rings (SSSR count). The highest BCUT2D eigenvalue weighted by atomic mass is 19.1. The van der Waals surface area contributed by atoms with Crippen LogP contribution in [0.5, 0.6) is 11.5 Å². The third-order valence-corrected chi connectivity index (χ3v) is 5.64. The molecule has 4 aromatic rings. The van der Waals surface area contributed by atoms with Crippen LogP contribution in [0.15, 0.2) is 71.5 Å². The minimum absolute atomic E-state index is 0.0670. The molecular formula is C27H26FN3O4. The fraction of sp³-hybridized carbons (Fsp3) is 0.185. The van der Waals surface area contributed by atoms with Gasteiger partial charge in [0.2, 0.25) is 5.91 Å². The zero-order valence-corrected chi connectivity index (χ0v) is 19.7. The molecule has 3 aromatic carbocycles. The number of pyridine rings is 1. The van der Waals surface area contributed by atoms with Crippen molar-refractivity contribution in [1.82, 2.24) is 4.57 Å². The molecule has 180 valence electrons. The number of fused-ring (bicyclic) bond motifs is 1. The maximum Gasteiger partial charge on any atom is 0.256 e. The molecule has 0 unspecified atom stereocenters. The Kier molecular flexibility index (Phi) is 7.01. The average Bonchev–Trinajstić information content (AvgIpc) is 2.86. The highest BCUT2D eigenvalue weighted by Gasteiger charge is 2.14. The van der Waals surface area contributed by atoms with E-state index in [0.717, 1.165) is 16.6 Å². The van der Waals surface area contributed by atoms with Gasteiger partial charge in [-0.3, -0.25) is 14.2 Å². The third kappa shape index (κ3) is 5.27. The summed E-state index contributed by atoms with van der Waals surface area (Å²) in [5.74, 6) is 0.128. The molecule has 1 aromatic heterocycles. The van der Waals surface area contributed by atoms with Crippen LogP contribution in [0.4, 0.5) is 15.8 Å². The summed E-state index contributed by atoms with van der Waals surface area (Å²) >= 11 is 0. The molecule has 0 spiro atoms. The Balaban J connectivity index is 1.65. The number of benzene rings is 3. The first-order valence-electron chi connectivity index (χ1n) is 11.0. The summed E-state index contributed by atoms with van der Waals surface area (Å²) in [4.78, 5) is 26.2. The van der Waals surface area contributed by atoms with Gasteiger partial charge in [0.15, 0.2) is 11.5 Å². The van der Waals surface area contributed by atoms with Gasteiger partial charge in [-0.05, 0) is 54.3 Å². The first-order chi connectivity index (χ1) is 16.9. The van der Waals surface area contributed by atoms with Crippen LogP contribution in [0.1, 0.15) is 11.1 Å². The lowest BCUT2D eigenvalue weighted by atomic mass is 10.1. The number of carbonyl (C=O) groups excluding carboxylic acids is 1. The SMILES string of the molecule is COc1ccc(NCc2cc3ccc(C)cc3n(CC(=O)Nc3ccccc3F)c2=O)cc1OC. The van der Waals surface area contributed by atoms with Crippen LogP contribution in [0, 0.1) is 12.7 Å². The lowest BCUT2D eigenvalue weighted by molar-refractivity contribution is -0.116. The number of para-hydroxylation sites is 1. The van der Waals surface area contributed by atoms with Crippen LogP contribution in [0.25, 0.3) is 10.9 Å². The molecule has 1 heterocycles. The Morgan fingerprint density at radius 3 is 2.49 bits per heavy atom. The standard InChI is InChI=1S/C27H26FN3O4/c1-17-8-9-18-13-19(15-29-20-10-11-24(34-2)25(14-20)35-3)27(33)31(23(18)12-17)16-26(32)30-22-7-5-4-6-21(22)28/h4-14,29H,15-16H2,1-3H3,(H,30,32). The highest BCUT2D eigenvalue weighted by Crippen LogP contribution is 2.30. The summed E-state index contributed by atoms with van der Waals surface area (Å²) in [5, 5.41) is 6.60. The molecule has 7 nitrogen and oxygen atoms in total. The van der Waals surface area contributed by atoms with Gasteiger partial charge in [0.1, 0.15) is 12.4 Å². The van der Waals surface area contributed by atoms with Gasteiger partial charge in [-0.15, -0.1) is 0 Å². The van der Waals surface area contributed by atoms with Crippen LogP contribution in [-0.2, 0) is 17.9 Å². The van der Waals surface area contributed by atoms with Gasteiger partial charge in [-0.1, -0.05) is 24.3 Å². The van der Waals surface area contributed by atoms with E-state index in [1.165, 1.54) is 16.7 Å². The normalized spacial score (nSPS) is 10.7. The number of anilines is 2. The number of nitrogens with zero attached hydrogens (tertiary/aromatic N) is 1. The average molecular weight is 476 g/mol. The second-order valence-electron chi connectivity index (χ2n) is 8.07. The van der Waals surface area contributed by atoms with E-state index in [1.54, 1.807) is 38.5 Å². The van der Waals surface area contributed by atoms with Gasteiger partial charge >= 0.3 is 0 Å². The van der Waals surface area contributed by atoms with Gasteiger partial charge in [0, 0.05) is 23.9 Å². The number of amides is 1. The zero-order valence-electron chi connectivity index (χ0n) is 19.7. The number of methoxy groups -OCH3 is 2. The van der Waals surface area contributed by atoms with Gasteiger partial charge < -0.3 is 20.1 Å². The number of carbonyl (C=O) groups is 1. The lowest BCUT2D eigenvalue weighted by Gasteiger charge is -2.15. The Morgan fingerprint density at radius 1 is 0.971 bits per heavy atom. The Bertz CT molecular complexity index is 1450. The van der Waals surface area contributed by atoms with Crippen LogP contribution >= 0.6 is 0 Å². The monoisotopic (exact) mass is 475 g/mol. The number of aromatic nitrogens is 1. The molecule has 0 fully saturated rings. The van der Waals surface area contributed by atoms with E-state index in [-0.39, 0.29) is 24.3 Å². The molecule has 1 amide bonds. The number of halogens is 1. The van der Waals surface area contributed by atoms with Crippen LogP contribution < -0.4 is 25.7 Å². The molecule has 35 heavy (non-hydrogen) atoms. The second kappa shape index (κ2) is 10.3. The Labute approximate surface area is 202 Å². The predicted octanol–water partition coefficient (Wildman–Crippen LogP) is 4.72. The van der Waals surface area contributed by atoms with Crippen molar-refractivity contribution in [3.05, 3.63) is 94.0 Å². The van der Waals surface area contributed by atoms with Crippen LogP contribution in [-0.4, -0.2) is 24.7 Å². The first kappa shape index (κ1) is 23.8. The molecular weight excluding hydrogens is 449 g/mol. The van der Waals surface area contributed by atoms with Gasteiger partial charge in [0.05, 0.1) is 25.4 Å². The van der Waals surface area contributed by atoms with Crippen molar-refractivity contribution >= 4 is 28.2 Å². The number of ether oxygens (including phenoxy) is 2. The van der Waals surface area contributed by atoms with Crippen molar-refractivity contribution < 1.29 is 18.7 Å². The maximum absolute atomic E-state index is 14.0. The molecule has 0 saturated carbocycles. The predicted molar refractivity (Wildman–Crippen MR) is 135 cm³/mol. The van der Waals surface area contributed by atoms with E-state index in [0.29, 0.717) is 22.6 Å². The fourth-order valence-corrected chi connectivity index (χ4v) is 3.86. The second-order valence-corrected chi connectivity index (χ2v) is 8.07. The fourth-order valence-electron chi connectivity index (χ4n) is 3.86. The van der Waals surface area contributed by atoms with Crippen molar-refractivity contribution in [3.63, 3.8) is 0 Å². The van der Waals surface area contributed by atoms with Gasteiger partial charge in [0.25, 0.3) is 5.56 Å². The van der Waals surface area contributed by atoms with E-state index in [1.807, 2.05) is 37.3 Å². The maximum atomic E-state index is 14.0. The smallest absolute Gasteiger partial charge is 0.256 e. The molecule has 0 aliphatic heterocycles. The minimum Gasteiger partial charge on any atom is -0.493 e. The van der Waals surface area contributed by atoms with E-state index < -0.39 is 11.7 Å². The van der Waals surface area contributed by atoms with Crippen molar-refractivity contribution in [3.8, 4) is 11.5 Å². The van der Waals surface area contributed by atoms with Crippen molar-refractivity contribution in [2.75, 3.05) is 24.9 Å². The molecule has 2 N–H and O–H groups in total. The topological polar surface area (TPSA) is 81.6 Å². The summed E-state index contributed by atoms with van der Waals surface area (Å²) in [5.41, 5.74) is 2.58. The van der Waals surface area contributed by atoms with E-state index >= 15 is 0 Å². The molecule has 0 bridgehead atoms. The number of aryl methyl sites for hydroxylation is 1. The van der Waals surface area contributed by atoms with Crippen LogP contribution in [0.2, 0.25) is 0 Å². The number of rotatable bonds is 8. The third-order valence-electron chi connectivity index (χ3n) is 5.64. The first-order valence-corrected chi connectivity index (χ1v) is 11.0. The van der Waals surface area contributed by atoms with E-state index in [9.17, 15) is 14.0 Å². The quantitative estimate of drug-likeness (QED) is 0.386. The summed E-state index contributed by atoms with van der Waals surface area (Å²) in [6.45, 7) is 1.89. The number of nitrogens with one attached hydrogen (secondary N) is 2. The number of hydrogen-bond acceptors (Lipinski definition) is 5. The van der Waals surface area contributed by atoms with Crippen LogP contribution in [0.3, 0.4) is 0 Å². The molecule has 8 heteroatoms. The lowest BCUT2D eigenvalue weighted by Crippen LogP contribution is -2.31. The van der Waals surface area contributed by atoms with Gasteiger partial charge in [-0.2, -0.15) is 0 Å². The Hall–Kier alpha value is -4.33. The number of hydrogen-bond donors (Lipinski definition) is 2. The molecule has 0 saturated heterocycles. The molecule has 0 atom stereocenters. The van der Waals surface area contributed by atoms with E-state index in [2.05, 4.69) is 10.6 Å².